The summed E-state index contributed by atoms with van der Waals surface area (Å²) in [4.78, 5) is 16.2. The van der Waals surface area contributed by atoms with Crippen LogP contribution in [0.1, 0.15) is 11.8 Å². The van der Waals surface area contributed by atoms with E-state index in [1.54, 1.807) is 11.8 Å². The molecule has 10 nitrogen and oxygen atoms in total. The lowest BCUT2D eigenvalue weighted by Gasteiger charge is -2.33. The topological polar surface area (TPSA) is 118 Å². The Morgan fingerprint density at radius 2 is 1.97 bits per heavy atom. The summed E-state index contributed by atoms with van der Waals surface area (Å²) in [6.07, 6.45) is -2.79. The lowest BCUT2D eigenvalue weighted by Crippen LogP contribution is -2.49. The number of alkyl halides is 3. The van der Waals surface area contributed by atoms with Gasteiger partial charge < -0.3 is 14.4 Å². The second-order valence-electron chi connectivity index (χ2n) is 7.09. The predicted molar refractivity (Wildman–Crippen MR) is 118 cm³/mol. The molecule has 2 aromatic heterocycles. The highest BCUT2D eigenvalue weighted by Crippen LogP contribution is 2.36. The smallest absolute Gasteiger partial charge is 0.427 e. The first kappa shape index (κ1) is 25.9. The van der Waals surface area contributed by atoms with Crippen LogP contribution in [0.15, 0.2) is 21.7 Å². The molecule has 1 atom stereocenters. The number of ether oxygens (including phenoxy) is 2. The summed E-state index contributed by atoms with van der Waals surface area (Å²) in [6, 6.07) is 0. The van der Waals surface area contributed by atoms with Gasteiger partial charge in [-0.1, -0.05) is 11.3 Å². The molecule has 3 rings (SSSR count). The number of rotatable bonds is 9. The number of thiazole rings is 1. The molecule has 0 spiro atoms. The van der Waals surface area contributed by atoms with Crippen molar-refractivity contribution in [3.63, 3.8) is 0 Å². The number of piperazine rings is 1. The van der Waals surface area contributed by atoms with Gasteiger partial charge in [-0.25, -0.2) is 18.5 Å². The zero-order valence-electron chi connectivity index (χ0n) is 17.3. The fraction of sp³-hybridized carbons (Fsp3) is 0.588. The van der Waals surface area contributed by atoms with Crippen molar-refractivity contribution < 1.29 is 31.1 Å². The summed E-state index contributed by atoms with van der Waals surface area (Å²) in [6.45, 7) is 2.51. The highest BCUT2D eigenvalue weighted by atomic mass is 79.9. The standard InChI is InChI=1S/C17H21BrF3N5O5S2/c1-11(31-12-8-23-24-15(27)14(12)18)10-30-6-7-33(28,29)26-4-2-25(3-5-26)16-22-9-13(32-16)17(19,20)21/h8-9,11H,2-7,10H2,1H3,(H,24,27)/t11-/m0/s1. The fourth-order valence-electron chi connectivity index (χ4n) is 2.94. The van der Waals surface area contributed by atoms with Gasteiger partial charge in [-0.3, -0.25) is 4.79 Å². The Bertz CT molecular complexity index is 1100. The van der Waals surface area contributed by atoms with E-state index < -0.39 is 32.7 Å². The van der Waals surface area contributed by atoms with E-state index in [4.69, 9.17) is 9.47 Å². The van der Waals surface area contributed by atoms with Crippen molar-refractivity contribution in [1.82, 2.24) is 19.5 Å². The molecule has 0 radical (unpaired) electrons. The van der Waals surface area contributed by atoms with E-state index in [-0.39, 0.29) is 60.5 Å². The summed E-state index contributed by atoms with van der Waals surface area (Å²) in [5.74, 6) is -0.00577. The summed E-state index contributed by atoms with van der Waals surface area (Å²) in [5, 5.41) is 6.11. The Morgan fingerprint density at radius 1 is 1.27 bits per heavy atom. The Hall–Kier alpha value is -1.75. The molecule has 0 bridgehead atoms. The molecule has 0 saturated carbocycles. The molecule has 1 saturated heterocycles. The van der Waals surface area contributed by atoms with Crippen LogP contribution in [0.5, 0.6) is 5.75 Å². The van der Waals surface area contributed by atoms with E-state index in [9.17, 15) is 26.4 Å². The Balaban J connectivity index is 1.42. The molecule has 1 N–H and O–H groups in total. The molecule has 0 aliphatic carbocycles. The Labute approximate surface area is 199 Å². The van der Waals surface area contributed by atoms with E-state index in [2.05, 4.69) is 31.1 Å². The average Bonchev–Trinajstić information content (AvgIpc) is 3.26. The molecule has 3 heterocycles. The number of anilines is 1. The number of aromatic nitrogens is 3. The number of aromatic amines is 1. The van der Waals surface area contributed by atoms with Gasteiger partial charge in [0.25, 0.3) is 5.56 Å². The van der Waals surface area contributed by atoms with Crippen molar-refractivity contribution in [1.29, 1.82) is 0 Å². The molecule has 33 heavy (non-hydrogen) atoms. The SMILES string of the molecule is C[C@@H](COCCS(=O)(=O)N1CCN(c2ncc(C(F)(F)F)s2)CC1)Oc1cn[nH]c(=O)c1Br. The van der Waals surface area contributed by atoms with Crippen molar-refractivity contribution in [2.45, 2.75) is 19.2 Å². The molecule has 0 aromatic carbocycles. The lowest BCUT2D eigenvalue weighted by atomic mass is 10.4. The van der Waals surface area contributed by atoms with Crippen LogP contribution < -0.4 is 15.2 Å². The summed E-state index contributed by atoms with van der Waals surface area (Å²) in [7, 11) is -3.60. The van der Waals surface area contributed by atoms with Crippen LogP contribution in [0.25, 0.3) is 0 Å². The molecule has 16 heteroatoms. The van der Waals surface area contributed by atoms with Crippen molar-refractivity contribution >= 4 is 42.4 Å². The largest absolute Gasteiger partial charge is 0.485 e. The van der Waals surface area contributed by atoms with E-state index in [1.165, 1.54) is 10.5 Å². The molecular weight excluding hydrogens is 555 g/mol. The van der Waals surface area contributed by atoms with Crippen LogP contribution in [-0.4, -0.2) is 79.2 Å². The number of nitrogens with one attached hydrogen (secondary N) is 1. The van der Waals surface area contributed by atoms with Crippen LogP contribution in [0.3, 0.4) is 0 Å². The highest BCUT2D eigenvalue weighted by molar-refractivity contribution is 9.10. The summed E-state index contributed by atoms with van der Waals surface area (Å²) >= 11 is 3.64. The minimum Gasteiger partial charge on any atom is -0.485 e. The highest BCUT2D eigenvalue weighted by Gasteiger charge is 2.35. The first-order chi connectivity index (χ1) is 15.5. The average molecular weight is 576 g/mol. The first-order valence-electron chi connectivity index (χ1n) is 9.71. The van der Waals surface area contributed by atoms with Gasteiger partial charge in [0.15, 0.2) is 10.9 Å². The second kappa shape index (κ2) is 10.7. The molecule has 0 unspecified atom stereocenters. The van der Waals surface area contributed by atoms with Gasteiger partial charge in [0.2, 0.25) is 10.0 Å². The molecule has 1 fully saturated rings. The van der Waals surface area contributed by atoms with E-state index in [0.717, 1.165) is 6.20 Å². The van der Waals surface area contributed by atoms with Gasteiger partial charge in [-0.15, -0.1) is 0 Å². The van der Waals surface area contributed by atoms with Crippen molar-refractivity contribution in [2.75, 3.05) is 50.0 Å². The van der Waals surface area contributed by atoms with Crippen LogP contribution in [-0.2, 0) is 20.9 Å². The Morgan fingerprint density at radius 3 is 2.61 bits per heavy atom. The van der Waals surface area contributed by atoms with Crippen molar-refractivity contribution in [2.24, 2.45) is 0 Å². The molecule has 184 valence electrons. The molecular formula is C17H21BrF3N5O5S2. The number of H-pyrrole nitrogens is 1. The minimum absolute atomic E-state index is 0.0630. The van der Waals surface area contributed by atoms with Crippen molar-refractivity contribution in [3.05, 3.63) is 32.1 Å². The third kappa shape index (κ3) is 6.88. The fourth-order valence-corrected chi connectivity index (χ4v) is 5.37. The number of sulfonamides is 1. The maximum absolute atomic E-state index is 12.8. The van der Waals surface area contributed by atoms with Gasteiger partial charge in [-0.05, 0) is 22.9 Å². The van der Waals surface area contributed by atoms with Crippen LogP contribution in [0, 0.1) is 0 Å². The molecule has 2 aromatic rings. The number of halogens is 4. The Kier molecular flexibility index (Phi) is 8.36. The van der Waals surface area contributed by atoms with Gasteiger partial charge in [-0.2, -0.15) is 22.6 Å². The summed E-state index contributed by atoms with van der Waals surface area (Å²) in [5.41, 5.74) is -0.442. The van der Waals surface area contributed by atoms with E-state index in [1.807, 2.05) is 0 Å². The number of nitrogens with zero attached hydrogens (tertiary/aromatic N) is 4. The maximum Gasteiger partial charge on any atom is 0.427 e. The van der Waals surface area contributed by atoms with Gasteiger partial charge in [0, 0.05) is 26.2 Å². The number of hydrogen-bond acceptors (Lipinski definition) is 9. The second-order valence-corrected chi connectivity index (χ2v) is 11.0. The predicted octanol–water partition coefficient (Wildman–Crippen LogP) is 1.94. The monoisotopic (exact) mass is 575 g/mol. The van der Waals surface area contributed by atoms with Gasteiger partial charge in [0.05, 0.1) is 31.4 Å². The molecule has 1 aliphatic rings. The zero-order valence-corrected chi connectivity index (χ0v) is 20.6. The van der Waals surface area contributed by atoms with Crippen LogP contribution >= 0.6 is 27.3 Å². The third-order valence-electron chi connectivity index (χ3n) is 4.61. The van der Waals surface area contributed by atoms with Crippen LogP contribution in [0.4, 0.5) is 18.3 Å². The van der Waals surface area contributed by atoms with Gasteiger partial charge in [0.1, 0.15) is 15.5 Å². The normalized spacial score (nSPS) is 16.7. The quantitative estimate of drug-likeness (QED) is 0.451. The van der Waals surface area contributed by atoms with E-state index in [0.29, 0.717) is 11.3 Å². The number of hydrogen-bond donors (Lipinski definition) is 1. The van der Waals surface area contributed by atoms with Gasteiger partial charge >= 0.3 is 6.18 Å². The first-order valence-corrected chi connectivity index (χ1v) is 12.9. The zero-order chi connectivity index (χ0) is 24.2. The van der Waals surface area contributed by atoms with Crippen molar-refractivity contribution in [3.8, 4) is 5.75 Å². The summed E-state index contributed by atoms with van der Waals surface area (Å²) < 4.78 is 75.8. The minimum atomic E-state index is -4.45. The molecule has 0 amide bonds. The maximum atomic E-state index is 12.8. The lowest BCUT2D eigenvalue weighted by molar-refractivity contribution is -0.134. The van der Waals surface area contributed by atoms with Crippen LogP contribution in [0.2, 0.25) is 0 Å². The molecule has 1 aliphatic heterocycles. The third-order valence-corrected chi connectivity index (χ3v) is 8.29. The van der Waals surface area contributed by atoms with E-state index >= 15 is 0 Å².